The van der Waals surface area contributed by atoms with Gasteiger partial charge in [-0.25, -0.2) is 0 Å². The van der Waals surface area contributed by atoms with Gasteiger partial charge in [0.15, 0.2) is 5.78 Å². The number of carbonyl (C=O) groups is 1. The normalized spacial score (nSPS) is 26.0. The zero-order valence-corrected chi connectivity index (χ0v) is 25.8. The number of Topliss-reactive ketones (excluding diaryl/α,β-unsaturated/α-hetero) is 1. The molecule has 0 aromatic rings. The van der Waals surface area contributed by atoms with Crippen LogP contribution in [0.1, 0.15) is 175 Å². The van der Waals surface area contributed by atoms with E-state index in [1.54, 1.807) is 0 Å². The highest BCUT2D eigenvalue weighted by Crippen LogP contribution is 2.47. The Kier molecular flexibility index (Phi) is 17.1. The molecule has 2 aliphatic rings. The third-order valence-electron chi connectivity index (χ3n) is 9.26. The first-order chi connectivity index (χ1) is 17.6. The molecule has 3 heteroatoms. The SMILES string of the molecule is CCCCCCCC(CCCCCCC)N1CSC2(C)CCCCCCC(CCCCCC)C(=O)C12. The number of unbranched alkanes of at least 4 members (excludes halogenated alkanes) is 11. The molecule has 1 heterocycles. The molecule has 0 amide bonds. The third kappa shape index (κ3) is 11.0. The van der Waals surface area contributed by atoms with Crippen LogP contribution in [0.4, 0.5) is 0 Å². The lowest BCUT2D eigenvalue weighted by atomic mass is 9.79. The standard InChI is InChI=1S/C33H63NOS/c1-5-8-11-14-20-25-30(26-21-15-12-9-6-2)34-28-36-33(4)27-22-17-16-19-24-29(31(35)32(33)34)23-18-13-10-7-3/h29-30,32H,5-28H2,1-4H3. The van der Waals surface area contributed by atoms with Gasteiger partial charge in [0.1, 0.15) is 0 Å². The molecular formula is C33H63NOS. The Morgan fingerprint density at radius 3 is 1.94 bits per heavy atom. The highest BCUT2D eigenvalue weighted by molar-refractivity contribution is 8.00. The van der Waals surface area contributed by atoms with Crippen molar-refractivity contribution in [2.75, 3.05) is 5.88 Å². The molecule has 0 radical (unpaired) electrons. The van der Waals surface area contributed by atoms with Gasteiger partial charge < -0.3 is 0 Å². The topological polar surface area (TPSA) is 20.3 Å². The van der Waals surface area contributed by atoms with Gasteiger partial charge in [0, 0.05) is 22.6 Å². The third-order valence-corrected chi connectivity index (χ3v) is 10.8. The molecule has 0 aromatic carbocycles. The highest BCUT2D eigenvalue weighted by atomic mass is 32.2. The van der Waals surface area contributed by atoms with Crippen molar-refractivity contribution in [2.45, 2.75) is 192 Å². The molecule has 212 valence electrons. The van der Waals surface area contributed by atoms with Crippen LogP contribution in [0.5, 0.6) is 0 Å². The van der Waals surface area contributed by atoms with Crippen molar-refractivity contribution in [3.63, 3.8) is 0 Å². The number of carbonyl (C=O) groups excluding carboxylic acids is 1. The number of fused-ring (bicyclic) bond motifs is 1. The molecule has 36 heavy (non-hydrogen) atoms. The molecule has 1 aliphatic carbocycles. The lowest BCUT2D eigenvalue weighted by molar-refractivity contribution is -0.130. The Balaban J connectivity index is 2.16. The molecule has 1 aliphatic heterocycles. The van der Waals surface area contributed by atoms with Gasteiger partial charge in [-0.2, -0.15) is 0 Å². The first kappa shape index (κ1) is 32.2. The van der Waals surface area contributed by atoms with Crippen molar-refractivity contribution < 1.29 is 4.79 Å². The van der Waals surface area contributed by atoms with Crippen molar-refractivity contribution in [1.82, 2.24) is 4.90 Å². The molecule has 2 fully saturated rings. The maximum Gasteiger partial charge on any atom is 0.154 e. The van der Waals surface area contributed by atoms with E-state index in [1.807, 2.05) is 0 Å². The molecule has 1 saturated heterocycles. The average molecular weight is 522 g/mol. The predicted molar refractivity (Wildman–Crippen MR) is 162 cm³/mol. The molecule has 3 unspecified atom stereocenters. The minimum absolute atomic E-state index is 0.124. The Labute approximate surface area is 230 Å². The van der Waals surface area contributed by atoms with Gasteiger partial charge >= 0.3 is 0 Å². The van der Waals surface area contributed by atoms with Gasteiger partial charge in [-0.1, -0.05) is 136 Å². The van der Waals surface area contributed by atoms with E-state index in [0.29, 0.717) is 17.7 Å². The van der Waals surface area contributed by atoms with Gasteiger partial charge in [-0.15, -0.1) is 11.8 Å². The number of hydrogen-bond acceptors (Lipinski definition) is 3. The van der Waals surface area contributed by atoms with Crippen molar-refractivity contribution in [3.8, 4) is 0 Å². The number of thioether (sulfide) groups is 1. The highest BCUT2D eigenvalue weighted by Gasteiger charge is 2.51. The van der Waals surface area contributed by atoms with Crippen LogP contribution in [0.25, 0.3) is 0 Å². The molecule has 1 saturated carbocycles. The minimum Gasteiger partial charge on any atom is -0.298 e. The smallest absolute Gasteiger partial charge is 0.154 e. The maximum atomic E-state index is 14.4. The molecule has 3 atom stereocenters. The lowest BCUT2D eigenvalue weighted by Crippen LogP contribution is -2.53. The number of rotatable bonds is 18. The number of hydrogen-bond donors (Lipinski definition) is 0. The Morgan fingerprint density at radius 1 is 0.778 bits per heavy atom. The summed E-state index contributed by atoms with van der Waals surface area (Å²) in [6.07, 6.45) is 30.1. The summed E-state index contributed by atoms with van der Waals surface area (Å²) < 4.78 is 0.124. The second kappa shape index (κ2) is 19.1. The van der Waals surface area contributed by atoms with Gasteiger partial charge in [-0.3, -0.25) is 9.69 Å². The number of ketones is 1. The quantitative estimate of drug-likeness (QED) is 0.167. The monoisotopic (exact) mass is 521 g/mol. The first-order valence-electron chi connectivity index (χ1n) is 16.5. The van der Waals surface area contributed by atoms with Crippen LogP contribution in [0.2, 0.25) is 0 Å². The van der Waals surface area contributed by atoms with Crippen molar-refractivity contribution >= 4 is 17.5 Å². The Bertz CT molecular complexity index is 552. The van der Waals surface area contributed by atoms with Crippen LogP contribution in [-0.2, 0) is 4.79 Å². The predicted octanol–water partition coefficient (Wildman–Crippen LogP) is 10.7. The fourth-order valence-corrected chi connectivity index (χ4v) is 8.35. The van der Waals surface area contributed by atoms with E-state index in [9.17, 15) is 4.79 Å². The summed E-state index contributed by atoms with van der Waals surface area (Å²) >= 11 is 2.14. The zero-order valence-electron chi connectivity index (χ0n) is 25.0. The number of nitrogens with zero attached hydrogens (tertiary/aromatic N) is 1. The van der Waals surface area contributed by atoms with Crippen LogP contribution < -0.4 is 0 Å². The van der Waals surface area contributed by atoms with Crippen LogP contribution >= 0.6 is 11.8 Å². The molecule has 2 nitrogen and oxygen atoms in total. The second-order valence-electron chi connectivity index (χ2n) is 12.5. The van der Waals surface area contributed by atoms with Crippen molar-refractivity contribution in [3.05, 3.63) is 0 Å². The Hall–Kier alpha value is -0.0200. The summed E-state index contributed by atoms with van der Waals surface area (Å²) in [5.41, 5.74) is 0. The molecule has 0 bridgehead atoms. The Morgan fingerprint density at radius 2 is 1.33 bits per heavy atom. The van der Waals surface area contributed by atoms with Gasteiger partial charge in [0.05, 0.1) is 6.04 Å². The summed E-state index contributed by atoms with van der Waals surface area (Å²) in [5, 5.41) is 0. The summed E-state index contributed by atoms with van der Waals surface area (Å²) in [6.45, 7) is 9.38. The lowest BCUT2D eigenvalue weighted by Gasteiger charge is -2.40. The molecule has 2 rings (SSSR count). The van der Waals surface area contributed by atoms with E-state index < -0.39 is 0 Å². The van der Waals surface area contributed by atoms with E-state index in [-0.39, 0.29) is 10.8 Å². The van der Waals surface area contributed by atoms with E-state index >= 15 is 0 Å². The zero-order chi connectivity index (χ0) is 26.1. The van der Waals surface area contributed by atoms with Gasteiger partial charge in [0.25, 0.3) is 0 Å². The van der Waals surface area contributed by atoms with Gasteiger partial charge in [-0.05, 0) is 39.0 Å². The fourth-order valence-electron chi connectivity index (χ4n) is 6.85. The van der Waals surface area contributed by atoms with Crippen molar-refractivity contribution in [2.24, 2.45) is 5.92 Å². The second-order valence-corrected chi connectivity index (χ2v) is 13.9. The largest absolute Gasteiger partial charge is 0.298 e. The summed E-state index contributed by atoms with van der Waals surface area (Å²) in [4.78, 5) is 17.2. The summed E-state index contributed by atoms with van der Waals surface area (Å²) in [5.74, 6) is 2.03. The van der Waals surface area contributed by atoms with E-state index in [1.165, 1.54) is 135 Å². The van der Waals surface area contributed by atoms with Crippen LogP contribution in [0, 0.1) is 5.92 Å². The van der Waals surface area contributed by atoms with Crippen LogP contribution in [0.15, 0.2) is 0 Å². The molecule has 0 aromatic heterocycles. The van der Waals surface area contributed by atoms with Crippen LogP contribution in [0.3, 0.4) is 0 Å². The van der Waals surface area contributed by atoms with E-state index in [2.05, 4.69) is 44.4 Å². The van der Waals surface area contributed by atoms with Crippen LogP contribution in [-0.4, -0.2) is 33.4 Å². The molecular weight excluding hydrogens is 458 g/mol. The first-order valence-corrected chi connectivity index (χ1v) is 17.5. The summed E-state index contributed by atoms with van der Waals surface area (Å²) in [6, 6.07) is 0.772. The van der Waals surface area contributed by atoms with Crippen molar-refractivity contribution in [1.29, 1.82) is 0 Å². The fraction of sp³-hybridized carbons (Fsp3) is 0.970. The average Bonchev–Trinajstić information content (AvgIpc) is 3.22. The maximum absolute atomic E-state index is 14.4. The van der Waals surface area contributed by atoms with Gasteiger partial charge in [0.2, 0.25) is 0 Å². The summed E-state index contributed by atoms with van der Waals surface area (Å²) in [7, 11) is 0. The molecule has 0 N–H and O–H groups in total. The van der Waals surface area contributed by atoms with E-state index in [0.717, 1.165) is 18.7 Å². The van der Waals surface area contributed by atoms with E-state index in [4.69, 9.17) is 0 Å². The minimum atomic E-state index is 0.124. The molecule has 0 spiro atoms.